The zero-order valence-electron chi connectivity index (χ0n) is 15.2. The van der Waals surface area contributed by atoms with Crippen molar-refractivity contribution < 1.29 is 19.0 Å². The molecule has 0 bridgehead atoms. The van der Waals surface area contributed by atoms with Crippen molar-refractivity contribution in [2.75, 3.05) is 39.8 Å². The van der Waals surface area contributed by atoms with Gasteiger partial charge in [-0.2, -0.15) is 0 Å². The summed E-state index contributed by atoms with van der Waals surface area (Å²) in [5.74, 6) is 1.30. The van der Waals surface area contributed by atoms with Crippen LogP contribution in [0, 0.1) is 0 Å². The Morgan fingerprint density at radius 3 is 2.81 bits per heavy atom. The van der Waals surface area contributed by atoms with Crippen LogP contribution in [0.1, 0.15) is 0 Å². The highest BCUT2D eigenvalue weighted by atomic mass is 16.5. The molecule has 3 aromatic heterocycles. The zero-order chi connectivity index (χ0) is 19.2. The topological polar surface area (TPSA) is 112 Å². The molecule has 2 amide bonds. The Balaban J connectivity index is 1.80. The van der Waals surface area contributed by atoms with Crippen LogP contribution in [-0.4, -0.2) is 60.1 Å². The van der Waals surface area contributed by atoms with Crippen LogP contribution in [0.2, 0.25) is 0 Å². The van der Waals surface area contributed by atoms with Crippen molar-refractivity contribution in [3.05, 3.63) is 30.6 Å². The first-order chi connectivity index (χ1) is 13.1. The molecule has 0 unspecified atom stereocenters. The molecule has 0 spiro atoms. The summed E-state index contributed by atoms with van der Waals surface area (Å²) in [4.78, 5) is 20.6. The Morgan fingerprint density at radius 1 is 1.22 bits per heavy atom. The second kappa shape index (κ2) is 8.32. The van der Waals surface area contributed by atoms with Crippen LogP contribution in [0.5, 0.6) is 11.6 Å². The van der Waals surface area contributed by atoms with Crippen molar-refractivity contribution in [1.82, 2.24) is 24.9 Å². The zero-order valence-corrected chi connectivity index (χ0v) is 15.2. The van der Waals surface area contributed by atoms with Gasteiger partial charge in [-0.15, -0.1) is 5.10 Å². The average molecular weight is 372 g/mol. The van der Waals surface area contributed by atoms with E-state index in [-0.39, 0.29) is 6.03 Å². The van der Waals surface area contributed by atoms with E-state index in [9.17, 15) is 4.79 Å². The minimum absolute atomic E-state index is 0.361. The molecule has 0 aromatic carbocycles. The van der Waals surface area contributed by atoms with E-state index in [1.165, 1.54) is 7.11 Å². The maximum atomic E-state index is 11.8. The minimum Gasteiger partial charge on any atom is -0.491 e. The number of hydrogen-bond acceptors (Lipinski definition) is 7. The number of fused-ring (bicyclic) bond motifs is 1. The summed E-state index contributed by atoms with van der Waals surface area (Å²) >= 11 is 0. The number of methoxy groups -OCH3 is 3. The fourth-order valence-electron chi connectivity index (χ4n) is 2.40. The molecule has 0 saturated carbocycles. The molecule has 0 fully saturated rings. The number of pyridine rings is 1. The highest BCUT2D eigenvalue weighted by Gasteiger charge is 2.11. The summed E-state index contributed by atoms with van der Waals surface area (Å²) in [5.41, 5.74) is 2.03. The first-order valence-electron chi connectivity index (χ1n) is 8.13. The Bertz CT molecular complexity index is 942. The number of hydrogen-bond donors (Lipinski definition) is 2. The van der Waals surface area contributed by atoms with Gasteiger partial charge in [-0.3, -0.25) is 5.32 Å². The fourth-order valence-corrected chi connectivity index (χ4v) is 2.40. The molecule has 3 rings (SSSR count). The van der Waals surface area contributed by atoms with Crippen molar-refractivity contribution in [3.8, 4) is 22.9 Å². The summed E-state index contributed by atoms with van der Waals surface area (Å²) in [7, 11) is 4.65. The van der Waals surface area contributed by atoms with E-state index in [4.69, 9.17) is 14.2 Å². The number of rotatable bonds is 7. The van der Waals surface area contributed by atoms with E-state index in [1.54, 1.807) is 49.3 Å². The summed E-state index contributed by atoms with van der Waals surface area (Å²) < 4.78 is 16.9. The van der Waals surface area contributed by atoms with Crippen molar-refractivity contribution in [2.24, 2.45) is 0 Å². The predicted molar refractivity (Wildman–Crippen MR) is 98.2 cm³/mol. The van der Waals surface area contributed by atoms with Crippen LogP contribution in [-0.2, 0) is 4.74 Å². The Labute approximate surface area is 155 Å². The lowest BCUT2D eigenvalue weighted by molar-refractivity contribution is 0.198. The van der Waals surface area contributed by atoms with Crippen molar-refractivity contribution in [3.63, 3.8) is 0 Å². The normalized spacial score (nSPS) is 10.6. The molecule has 10 nitrogen and oxygen atoms in total. The Kier molecular flexibility index (Phi) is 5.67. The van der Waals surface area contributed by atoms with Gasteiger partial charge in [0.05, 0.1) is 26.5 Å². The molecule has 2 N–H and O–H groups in total. The lowest BCUT2D eigenvalue weighted by atomic mass is 10.2. The third-order valence-electron chi connectivity index (χ3n) is 3.69. The highest BCUT2D eigenvalue weighted by Crippen LogP contribution is 2.29. The number of nitrogens with zero attached hydrogens (tertiary/aromatic N) is 4. The Morgan fingerprint density at radius 2 is 2.07 bits per heavy atom. The predicted octanol–water partition coefficient (Wildman–Crippen LogP) is 1.58. The molecule has 10 heteroatoms. The van der Waals surface area contributed by atoms with Gasteiger partial charge in [0.1, 0.15) is 0 Å². The first-order valence-corrected chi connectivity index (χ1v) is 8.13. The average Bonchev–Trinajstić information content (AvgIpc) is 3.08. The molecule has 3 aromatic rings. The molecule has 3 heterocycles. The lowest BCUT2D eigenvalue weighted by Crippen LogP contribution is -2.31. The van der Waals surface area contributed by atoms with Gasteiger partial charge in [-0.1, -0.05) is 0 Å². The molecule has 0 atom stereocenters. The van der Waals surface area contributed by atoms with Crippen LogP contribution in [0.25, 0.3) is 16.9 Å². The SMILES string of the molecule is COCCNC(=O)Nc1cc2nc(-c3cnc(OC)c(OC)c3)ccn2n1. The summed E-state index contributed by atoms with van der Waals surface area (Å²) in [5, 5.41) is 9.58. The first kappa shape index (κ1) is 18.4. The number of carbonyl (C=O) groups excluding carboxylic acids is 1. The second-order valence-electron chi connectivity index (χ2n) is 5.45. The van der Waals surface area contributed by atoms with E-state index < -0.39 is 0 Å². The third kappa shape index (κ3) is 4.23. The molecule has 27 heavy (non-hydrogen) atoms. The molecular weight excluding hydrogens is 352 g/mol. The van der Waals surface area contributed by atoms with Crippen molar-refractivity contribution in [1.29, 1.82) is 0 Å². The van der Waals surface area contributed by atoms with Crippen LogP contribution >= 0.6 is 0 Å². The third-order valence-corrected chi connectivity index (χ3v) is 3.69. The van der Waals surface area contributed by atoms with Gasteiger partial charge in [0.2, 0.25) is 0 Å². The highest BCUT2D eigenvalue weighted by molar-refractivity contribution is 5.88. The quantitative estimate of drug-likeness (QED) is 0.606. The minimum atomic E-state index is -0.361. The number of ether oxygens (including phenoxy) is 3. The molecule has 142 valence electrons. The number of urea groups is 1. The van der Waals surface area contributed by atoms with E-state index in [0.29, 0.717) is 41.9 Å². The standard InChI is InChI=1S/C17H20N6O4/c1-25-7-5-18-17(24)21-14-9-15-20-12(4-6-23(15)22-14)11-8-13(26-2)16(27-3)19-10-11/h4,6,8-10H,5,7H2,1-3H3,(H2,18,21,22,24). The molecule has 0 aliphatic rings. The van der Waals surface area contributed by atoms with Crippen LogP contribution < -0.4 is 20.1 Å². The lowest BCUT2D eigenvalue weighted by Gasteiger charge is -2.08. The van der Waals surface area contributed by atoms with Crippen LogP contribution in [0.15, 0.2) is 30.6 Å². The van der Waals surface area contributed by atoms with E-state index >= 15 is 0 Å². The molecule has 0 aliphatic carbocycles. The maximum absolute atomic E-state index is 11.8. The van der Waals surface area contributed by atoms with Gasteiger partial charge in [-0.25, -0.2) is 19.3 Å². The number of carbonyl (C=O) groups is 1. The van der Waals surface area contributed by atoms with Crippen LogP contribution in [0.4, 0.5) is 10.6 Å². The molecule has 0 radical (unpaired) electrons. The van der Waals surface area contributed by atoms with Crippen LogP contribution in [0.3, 0.4) is 0 Å². The summed E-state index contributed by atoms with van der Waals surface area (Å²) in [6, 6.07) is 4.90. The van der Waals surface area contributed by atoms with E-state index in [1.807, 2.05) is 0 Å². The molecular formula is C17H20N6O4. The maximum Gasteiger partial charge on any atom is 0.320 e. The van der Waals surface area contributed by atoms with Gasteiger partial charge in [-0.05, 0) is 12.1 Å². The Hall–Kier alpha value is -3.40. The summed E-state index contributed by atoms with van der Waals surface area (Å²) in [6.07, 6.45) is 3.40. The largest absolute Gasteiger partial charge is 0.491 e. The van der Waals surface area contributed by atoms with Gasteiger partial charge >= 0.3 is 6.03 Å². The molecule has 0 aliphatic heterocycles. The second-order valence-corrected chi connectivity index (χ2v) is 5.45. The monoisotopic (exact) mass is 372 g/mol. The van der Waals surface area contributed by atoms with Gasteiger partial charge in [0, 0.05) is 37.7 Å². The number of amides is 2. The van der Waals surface area contributed by atoms with E-state index in [2.05, 4.69) is 25.7 Å². The fraction of sp³-hybridized carbons (Fsp3) is 0.294. The van der Waals surface area contributed by atoms with Gasteiger partial charge in [0.15, 0.2) is 17.2 Å². The van der Waals surface area contributed by atoms with Crippen molar-refractivity contribution >= 4 is 17.5 Å². The number of aromatic nitrogens is 4. The molecule has 0 saturated heterocycles. The van der Waals surface area contributed by atoms with E-state index in [0.717, 1.165) is 5.56 Å². The number of anilines is 1. The smallest absolute Gasteiger partial charge is 0.320 e. The number of nitrogens with one attached hydrogen (secondary N) is 2. The van der Waals surface area contributed by atoms with Crippen molar-refractivity contribution in [2.45, 2.75) is 0 Å². The summed E-state index contributed by atoms with van der Waals surface area (Å²) in [6.45, 7) is 0.841. The van der Waals surface area contributed by atoms with Gasteiger partial charge < -0.3 is 19.5 Å². The van der Waals surface area contributed by atoms with Gasteiger partial charge in [0.25, 0.3) is 5.88 Å².